The minimum absolute atomic E-state index is 0.0120. The number of carbonyl (C=O) groups excluding carboxylic acids is 1. The van der Waals surface area contributed by atoms with E-state index in [4.69, 9.17) is 0 Å². The molecule has 0 bridgehead atoms. The molecule has 0 aliphatic rings. The van der Waals surface area contributed by atoms with Gasteiger partial charge in [0.1, 0.15) is 6.20 Å². The number of aromatic nitrogens is 1. The molecule has 11 heteroatoms. The monoisotopic (exact) mass is 300 g/mol. The molecule has 0 saturated heterocycles. The lowest BCUT2D eigenvalue weighted by molar-refractivity contribution is -0.394. The number of nitro groups is 2. The number of nitrogens with zero attached hydrogens (tertiary/aromatic N) is 3. The third kappa shape index (κ3) is 4.35. The number of aliphatic hydroxyl groups excluding tert-OH is 1. The van der Waals surface area contributed by atoms with Crippen molar-refractivity contribution in [1.82, 2.24) is 4.98 Å². The third-order valence-corrected chi connectivity index (χ3v) is 2.44. The number of pyridine rings is 1. The van der Waals surface area contributed by atoms with Gasteiger partial charge in [-0.25, -0.2) is 9.78 Å². The van der Waals surface area contributed by atoms with E-state index in [1.807, 2.05) is 0 Å². The Hall–Kier alpha value is -2.82. The van der Waals surface area contributed by atoms with Crippen molar-refractivity contribution in [2.75, 3.05) is 19.0 Å². The molecule has 11 nitrogen and oxygen atoms in total. The number of methoxy groups -OCH3 is 1. The summed E-state index contributed by atoms with van der Waals surface area (Å²) in [5.74, 6) is -1.02. The Balaban J connectivity index is 2.77. The summed E-state index contributed by atoms with van der Waals surface area (Å²) in [6, 6.07) is 0.770. The largest absolute Gasteiger partial charge is 0.467 e. The molecule has 0 amide bonds. The smallest absolute Gasteiger partial charge is 0.334 e. The number of rotatable bonds is 7. The minimum Gasteiger partial charge on any atom is -0.467 e. The number of hydrogen-bond donors (Lipinski definition) is 2. The molecule has 1 aromatic rings. The van der Waals surface area contributed by atoms with Crippen molar-refractivity contribution in [2.24, 2.45) is 0 Å². The van der Waals surface area contributed by atoms with Gasteiger partial charge in [0, 0.05) is 13.0 Å². The Bertz CT molecular complexity index is 562. The molecule has 0 aliphatic carbocycles. The van der Waals surface area contributed by atoms with E-state index < -0.39 is 33.3 Å². The zero-order valence-corrected chi connectivity index (χ0v) is 10.9. The summed E-state index contributed by atoms with van der Waals surface area (Å²) < 4.78 is 4.30. The van der Waals surface area contributed by atoms with E-state index in [-0.39, 0.29) is 18.8 Å². The summed E-state index contributed by atoms with van der Waals surface area (Å²) in [7, 11) is 1.11. The average Bonchev–Trinajstić information content (AvgIpc) is 2.45. The number of carbonyl (C=O) groups is 1. The molecule has 0 radical (unpaired) electrons. The third-order valence-electron chi connectivity index (χ3n) is 2.44. The Kier molecular flexibility index (Phi) is 5.48. The lowest BCUT2D eigenvalue weighted by Gasteiger charge is -2.09. The summed E-state index contributed by atoms with van der Waals surface area (Å²) >= 11 is 0. The number of nitrogens with one attached hydrogen (secondary N) is 1. The van der Waals surface area contributed by atoms with Crippen molar-refractivity contribution in [1.29, 1.82) is 0 Å². The van der Waals surface area contributed by atoms with Crippen LogP contribution in [0.25, 0.3) is 0 Å². The topological polar surface area (TPSA) is 158 Å². The van der Waals surface area contributed by atoms with Crippen LogP contribution in [0.15, 0.2) is 12.3 Å². The maximum absolute atomic E-state index is 11.0. The Morgan fingerprint density at radius 3 is 2.67 bits per heavy atom. The van der Waals surface area contributed by atoms with Crippen LogP contribution in [0.1, 0.15) is 6.42 Å². The maximum atomic E-state index is 11.0. The van der Waals surface area contributed by atoms with Crippen molar-refractivity contribution in [3.05, 3.63) is 32.5 Å². The Labute approximate surface area is 117 Å². The van der Waals surface area contributed by atoms with E-state index in [0.717, 1.165) is 19.4 Å². The SMILES string of the molecule is COC(=O)C(O)CCNc1ncc([N+](=O)[O-])cc1[N+](=O)[O-]. The van der Waals surface area contributed by atoms with Gasteiger partial charge in [-0.1, -0.05) is 0 Å². The highest BCUT2D eigenvalue weighted by molar-refractivity contribution is 5.74. The molecule has 2 N–H and O–H groups in total. The van der Waals surface area contributed by atoms with Crippen molar-refractivity contribution in [2.45, 2.75) is 12.5 Å². The highest BCUT2D eigenvalue weighted by Crippen LogP contribution is 2.26. The van der Waals surface area contributed by atoms with Crippen molar-refractivity contribution in [3.63, 3.8) is 0 Å². The van der Waals surface area contributed by atoms with Gasteiger partial charge in [-0.05, 0) is 0 Å². The first kappa shape index (κ1) is 16.2. The molecule has 114 valence electrons. The molecule has 1 atom stereocenters. The van der Waals surface area contributed by atoms with Gasteiger partial charge < -0.3 is 15.2 Å². The fraction of sp³-hybridized carbons (Fsp3) is 0.400. The maximum Gasteiger partial charge on any atom is 0.334 e. The number of anilines is 1. The van der Waals surface area contributed by atoms with Gasteiger partial charge in [-0.3, -0.25) is 20.2 Å². The summed E-state index contributed by atoms with van der Waals surface area (Å²) in [5.41, 5.74) is -1.08. The van der Waals surface area contributed by atoms with Gasteiger partial charge in [0.2, 0.25) is 5.82 Å². The first-order chi connectivity index (χ1) is 9.86. The number of hydrogen-bond acceptors (Lipinski definition) is 9. The highest BCUT2D eigenvalue weighted by Gasteiger charge is 2.21. The van der Waals surface area contributed by atoms with Crippen molar-refractivity contribution in [3.8, 4) is 0 Å². The second kappa shape index (κ2) is 7.09. The van der Waals surface area contributed by atoms with Crippen LogP contribution in [0.2, 0.25) is 0 Å². The van der Waals surface area contributed by atoms with Crippen LogP contribution in [0.5, 0.6) is 0 Å². The molecule has 1 heterocycles. The summed E-state index contributed by atoms with van der Waals surface area (Å²) in [4.78, 5) is 34.3. The molecule has 0 saturated carbocycles. The summed E-state index contributed by atoms with van der Waals surface area (Å²) in [6.07, 6.45) is -0.575. The lowest BCUT2D eigenvalue weighted by Crippen LogP contribution is -2.24. The fourth-order valence-corrected chi connectivity index (χ4v) is 1.40. The lowest BCUT2D eigenvalue weighted by atomic mass is 10.2. The molecule has 21 heavy (non-hydrogen) atoms. The number of ether oxygens (including phenoxy) is 1. The second-order valence-corrected chi connectivity index (χ2v) is 3.83. The van der Waals surface area contributed by atoms with Crippen LogP contribution in [-0.4, -0.2) is 45.7 Å². The first-order valence-electron chi connectivity index (χ1n) is 5.65. The van der Waals surface area contributed by atoms with Gasteiger partial charge in [0.05, 0.1) is 23.0 Å². The van der Waals surface area contributed by atoms with E-state index in [1.54, 1.807) is 0 Å². The number of aliphatic hydroxyl groups is 1. The standard InChI is InChI=1S/C10H12N4O7/c1-21-10(16)8(15)2-3-11-9-7(14(19)20)4-6(5-12-9)13(17)18/h4-5,8,15H,2-3H2,1H3,(H,11,12). The Morgan fingerprint density at radius 1 is 1.48 bits per heavy atom. The molecular formula is C10H12N4O7. The molecule has 0 aliphatic heterocycles. The van der Waals surface area contributed by atoms with Gasteiger partial charge in [0.25, 0.3) is 5.69 Å². The van der Waals surface area contributed by atoms with Crippen molar-refractivity contribution < 1.29 is 24.5 Å². The molecule has 1 unspecified atom stereocenters. The summed E-state index contributed by atoms with van der Waals surface area (Å²) in [5, 5.41) is 33.2. The van der Waals surface area contributed by atoms with Crippen LogP contribution in [0.4, 0.5) is 17.2 Å². The molecule has 1 rings (SSSR count). The van der Waals surface area contributed by atoms with Gasteiger partial charge in [0.15, 0.2) is 6.10 Å². The zero-order chi connectivity index (χ0) is 16.0. The number of esters is 1. The van der Waals surface area contributed by atoms with Crippen LogP contribution in [0, 0.1) is 20.2 Å². The highest BCUT2D eigenvalue weighted by atomic mass is 16.6. The molecule has 1 aromatic heterocycles. The van der Waals surface area contributed by atoms with E-state index in [1.165, 1.54) is 0 Å². The van der Waals surface area contributed by atoms with Crippen LogP contribution in [0.3, 0.4) is 0 Å². The molecular weight excluding hydrogens is 288 g/mol. The van der Waals surface area contributed by atoms with Crippen LogP contribution < -0.4 is 5.32 Å². The van der Waals surface area contributed by atoms with Crippen LogP contribution in [-0.2, 0) is 9.53 Å². The van der Waals surface area contributed by atoms with Gasteiger partial charge in [-0.2, -0.15) is 0 Å². The summed E-state index contributed by atoms with van der Waals surface area (Å²) in [6.45, 7) is -0.0120. The van der Waals surface area contributed by atoms with Crippen LogP contribution >= 0.6 is 0 Å². The predicted molar refractivity (Wildman–Crippen MR) is 68.7 cm³/mol. The fourth-order valence-electron chi connectivity index (χ4n) is 1.40. The van der Waals surface area contributed by atoms with Crippen molar-refractivity contribution >= 4 is 23.2 Å². The zero-order valence-electron chi connectivity index (χ0n) is 10.9. The molecule has 0 spiro atoms. The predicted octanol–water partition coefficient (Wildman–Crippen LogP) is 0.234. The molecule has 0 aromatic carbocycles. The Morgan fingerprint density at radius 2 is 2.14 bits per heavy atom. The molecule has 0 fully saturated rings. The van der Waals surface area contributed by atoms with E-state index in [0.29, 0.717) is 0 Å². The minimum atomic E-state index is -1.38. The van der Waals surface area contributed by atoms with E-state index in [2.05, 4.69) is 15.0 Å². The first-order valence-corrected chi connectivity index (χ1v) is 5.65. The normalized spacial score (nSPS) is 11.5. The van der Waals surface area contributed by atoms with E-state index in [9.17, 15) is 30.1 Å². The average molecular weight is 300 g/mol. The van der Waals surface area contributed by atoms with Gasteiger partial charge >= 0.3 is 11.7 Å². The van der Waals surface area contributed by atoms with Gasteiger partial charge in [-0.15, -0.1) is 0 Å². The van der Waals surface area contributed by atoms with E-state index >= 15 is 0 Å². The quantitative estimate of drug-likeness (QED) is 0.408. The second-order valence-electron chi connectivity index (χ2n) is 3.83.